The molecule has 2 N–H and O–H groups in total. The van der Waals surface area contributed by atoms with E-state index in [9.17, 15) is 4.79 Å². The lowest BCUT2D eigenvalue weighted by Crippen LogP contribution is -2.46. The van der Waals surface area contributed by atoms with Crippen LogP contribution in [0.4, 0.5) is 21.9 Å². The topological polar surface area (TPSA) is 60.5 Å². The second-order valence-electron chi connectivity index (χ2n) is 7.44. The number of pyridine rings is 1. The molecule has 2 amide bonds. The number of piperazine rings is 1. The first-order valence-electron chi connectivity index (χ1n) is 10.4. The van der Waals surface area contributed by atoms with Crippen molar-refractivity contribution in [2.75, 3.05) is 48.3 Å². The second-order valence-corrected chi connectivity index (χ2v) is 7.44. The third-order valence-corrected chi connectivity index (χ3v) is 5.31. The van der Waals surface area contributed by atoms with E-state index in [0.717, 1.165) is 44.8 Å². The van der Waals surface area contributed by atoms with Crippen molar-refractivity contribution in [1.82, 2.24) is 9.88 Å². The molecule has 0 radical (unpaired) electrons. The van der Waals surface area contributed by atoms with Crippen molar-refractivity contribution in [3.05, 3.63) is 84.7 Å². The molecule has 1 aromatic heterocycles. The van der Waals surface area contributed by atoms with Gasteiger partial charge in [-0.15, -0.1) is 0 Å². The molecule has 6 heteroatoms. The molecule has 0 bridgehead atoms. The van der Waals surface area contributed by atoms with Crippen LogP contribution in [0.15, 0.2) is 79.1 Å². The number of hydrogen-bond donors (Lipinski definition) is 2. The zero-order chi connectivity index (χ0) is 20.6. The quantitative estimate of drug-likeness (QED) is 0.653. The SMILES string of the molecule is O=C(Nc1cccnc1)Nc1cccc(CCN2CCN(c3ccccc3)CC2)c1. The van der Waals surface area contributed by atoms with E-state index in [2.05, 4.69) is 61.8 Å². The van der Waals surface area contributed by atoms with Gasteiger partial charge in [0.05, 0.1) is 11.9 Å². The first-order chi connectivity index (χ1) is 14.8. The van der Waals surface area contributed by atoms with Gasteiger partial charge < -0.3 is 15.5 Å². The first-order valence-corrected chi connectivity index (χ1v) is 10.4. The molecular weight excluding hydrogens is 374 g/mol. The number of benzene rings is 2. The Hall–Kier alpha value is -3.38. The highest BCUT2D eigenvalue weighted by Gasteiger charge is 2.16. The molecule has 0 atom stereocenters. The zero-order valence-electron chi connectivity index (χ0n) is 17.0. The summed E-state index contributed by atoms with van der Waals surface area (Å²) in [6.45, 7) is 5.27. The van der Waals surface area contributed by atoms with Crippen LogP contribution in [0.2, 0.25) is 0 Å². The molecule has 0 aliphatic carbocycles. The molecule has 0 saturated carbocycles. The summed E-state index contributed by atoms with van der Waals surface area (Å²) < 4.78 is 0. The fourth-order valence-electron chi connectivity index (χ4n) is 3.69. The standard InChI is InChI=1S/C24H27N5O/c30-24(27-22-8-5-12-25-19-22)26-21-7-4-6-20(18-21)11-13-28-14-16-29(17-15-28)23-9-2-1-3-10-23/h1-10,12,18-19H,11,13-17H2,(H2,26,27,30). The minimum absolute atomic E-state index is 0.266. The number of rotatable bonds is 6. The largest absolute Gasteiger partial charge is 0.369 e. The van der Waals surface area contributed by atoms with Crippen LogP contribution in [0.25, 0.3) is 0 Å². The Morgan fingerprint density at radius 2 is 1.63 bits per heavy atom. The Morgan fingerprint density at radius 3 is 2.40 bits per heavy atom. The average Bonchev–Trinajstić information content (AvgIpc) is 2.79. The van der Waals surface area contributed by atoms with E-state index in [4.69, 9.17) is 0 Å². The van der Waals surface area contributed by atoms with Gasteiger partial charge in [-0.1, -0.05) is 30.3 Å². The van der Waals surface area contributed by atoms with Gasteiger partial charge in [-0.05, 0) is 48.4 Å². The fourth-order valence-corrected chi connectivity index (χ4v) is 3.69. The van der Waals surface area contributed by atoms with Gasteiger partial charge >= 0.3 is 6.03 Å². The number of amides is 2. The first kappa shape index (κ1) is 19.9. The van der Waals surface area contributed by atoms with Crippen molar-refractivity contribution >= 4 is 23.1 Å². The predicted octanol–water partition coefficient (Wildman–Crippen LogP) is 4.09. The second kappa shape index (κ2) is 9.89. The van der Waals surface area contributed by atoms with Crippen molar-refractivity contribution in [2.24, 2.45) is 0 Å². The molecule has 1 aliphatic rings. The number of carbonyl (C=O) groups excluding carboxylic acids is 1. The predicted molar refractivity (Wildman–Crippen MR) is 122 cm³/mol. The number of urea groups is 1. The summed E-state index contributed by atoms with van der Waals surface area (Å²) >= 11 is 0. The molecule has 1 saturated heterocycles. The van der Waals surface area contributed by atoms with Gasteiger partial charge in [-0.3, -0.25) is 9.88 Å². The molecule has 2 heterocycles. The Morgan fingerprint density at radius 1 is 0.867 bits per heavy atom. The van der Waals surface area contributed by atoms with Crippen LogP contribution in [0.1, 0.15) is 5.56 Å². The molecule has 30 heavy (non-hydrogen) atoms. The van der Waals surface area contributed by atoms with Crippen LogP contribution in [0, 0.1) is 0 Å². The molecule has 1 aliphatic heterocycles. The summed E-state index contributed by atoms with van der Waals surface area (Å²) in [4.78, 5) is 21.1. The van der Waals surface area contributed by atoms with Crippen LogP contribution in [0.3, 0.4) is 0 Å². The van der Waals surface area contributed by atoms with Gasteiger partial charge in [0.15, 0.2) is 0 Å². The van der Waals surface area contributed by atoms with Crippen molar-refractivity contribution < 1.29 is 4.79 Å². The smallest absolute Gasteiger partial charge is 0.323 e. The van der Waals surface area contributed by atoms with Gasteiger partial charge in [0.25, 0.3) is 0 Å². The van der Waals surface area contributed by atoms with Crippen molar-refractivity contribution in [1.29, 1.82) is 0 Å². The normalized spacial score (nSPS) is 14.3. The van der Waals surface area contributed by atoms with Crippen LogP contribution in [-0.4, -0.2) is 48.6 Å². The van der Waals surface area contributed by atoms with Gasteiger partial charge in [0.1, 0.15) is 0 Å². The Kier molecular flexibility index (Phi) is 6.57. The van der Waals surface area contributed by atoms with Crippen LogP contribution >= 0.6 is 0 Å². The average molecular weight is 402 g/mol. The van der Waals surface area contributed by atoms with Crippen LogP contribution < -0.4 is 15.5 Å². The lowest BCUT2D eigenvalue weighted by molar-refractivity contribution is 0.261. The number of para-hydroxylation sites is 1. The van der Waals surface area contributed by atoms with E-state index in [1.807, 2.05) is 18.2 Å². The van der Waals surface area contributed by atoms with Gasteiger partial charge in [-0.25, -0.2) is 4.79 Å². The highest BCUT2D eigenvalue weighted by Crippen LogP contribution is 2.17. The summed E-state index contributed by atoms with van der Waals surface area (Å²) in [7, 11) is 0. The highest BCUT2D eigenvalue weighted by molar-refractivity contribution is 5.99. The Balaban J connectivity index is 1.24. The highest BCUT2D eigenvalue weighted by atomic mass is 16.2. The molecule has 2 aromatic carbocycles. The summed E-state index contributed by atoms with van der Waals surface area (Å²) in [5.41, 5.74) is 3.99. The van der Waals surface area contributed by atoms with Crippen molar-refractivity contribution in [3.8, 4) is 0 Å². The Labute approximate surface area is 177 Å². The summed E-state index contributed by atoms with van der Waals surface area (Å²) in [5.74, 6) is 0. The molecule has 3 aromatic rings. The lowest BCUT2D eigenvalue weighted by atomic mass is 10.1. The van der Waals surface area contributed by atoms with Crippen molar-refractivity contribution in [3.63, 3.8) is 0 Å². The van der Waals surface area contributed by atoms with Crippen LogP contribution in [0.5, 0.6) is 0 Å². The third-order valence-electron chi connectivity index (χ3n) is 5.31. The van der Waals surface area contributed by atoms with Gasteiger partial charge in [0.2, 0.25) is 0 Å². The molecule has 0 unspecified atom stereocenters. The maximum atomic E-state index is 12.2. The number of carbonyl (C=O) groups is 1. The maximum absolute atomic E-state index is 12.2. The summed E-state index contributed by atoms with van der Waals surface area (Å²) in [6.07, 6.45) is 4.26. The molecule has 4 rings (SSSR count). The van der Waals surface area contributed by atoms with Gasteiger partial charge in [-0.2, -0.15) is 0 Å². The number of hydrogen-bond acceptors (Lipinski definition) is 4. The van der Waals surface area contributed by atoms with E-state index in [1.54, 1.807) is 24.5 Å². The zero-order valence-corrected chi connectivity index (χ0v) is 17.0. The number of nitrogens with one attached hydrogen (secondary N) is 2. The fraction of sp³-hybridized carbons (Fsp3) is 0.250. The van der Waals surface area contributed by atoms with E-state index in [0.29, 0.717) is 5.69 Å². The van der Waals surface area contributed by atoms with E-state index < -0.39 is 0 Å². The minimum Gasteiger partial charge on any atom is -0.369 e. The van der Waals surface area contributed by atoms with E-state index >= 15 is 0 Å². The van der Waals surface area contributed by atoms with Gasteiger partial charge in [0, 0.05) is 50.3 Å². The van der Waals surface area contributed by atoms with E-state index in [1.165, 1.54) is 11.3 Å². The molecule has 0 spiro atoms. The number of anilines is 3. The molecule has 6 nitrogen and oxygen atoms in total. The molecule has 1 fully saturated rings. The summed E-state index contributed by atoms with van der Waals surface area (Å²) in [6, 6.07) is 22.0. The minimum atomic E-state index is -0.266. The lowest BCUT2D eigenvalue weighted by Gasteiger charge is -2.36. The molecule has 154 valence electrons. The molecular formula is C24H27N5O. The van der Waals surface area contributed by atoms with E-state index in [-0.39, 0.29) is 6.03 Å². The van der Waals surface area contributed by atoms with Crippen molar-refractivity contribution in [2.45, 2.75) is 6.42 Å². The monoisotopic (exact) mass is 401 g/mol. The Bertz CT molecular complexity index is 940. The maximum Gasteiger partial charge on any atom is 0.323 e. The van der Waals surface area contributed by atoms with Crippen LogP contribution in [-0.2, 0) is 6.42 Å². The number of aromatic nitrogens is 1. The summed E-state index contributed by atoms with van der Waals surface area (Å²) in [5, 5.41) is 5.68. The third kappa shape index (κ3) is 5.58. The number of nitrogens with zero attached hydrogens (tertiary/aromatic N) is 3.